The van der Waals surface area contributed by atoms with E-state index in [4.69, 9.17) is 16.3 Å². The van der Waals surface area contributed by atoms with Crippen LogP contribution in [-0.2, 0) is 6.54 Å². The summed E-state index contributed by atoms with van der Waals surface area (Å²) in [7, 11) is 0. The van der Waals surface area contributed by atoms with Crippen LogP contribution in [-0.4, -0.2) is 17.5 Å². The quantitative estimate of drug-likeness (QED) is 0.809. The van der Waals surface area contributed by atoms with Gasteiger partial charge in [0.15, 0.2) is 0 Å². The molecule has 1 aromatic rings. The Bertz CT molecular complexity index is 406. The molecule has 0 radical (unpaired) electrons. The number of nitrogens with zero attached hydrogens (tertiary/aromatic N) is 1. The second-order valence-electron chi connectivity index (χ2n) is 3.90. The van der Waals surface area contributed by atoms with Crippen LogP contribution in [0.4, 0.5) is 4.79 Å². The average molecular weight is 240 g/mol. The van der Waals surface area contributed by atoms with Crippen molar-refractivity contribution in [2.24, 2.45) is 0 Å². The van der Waals surface area contributed by atoms with Crippen molar-refractivity contribution in [3.05, 3.63) is 28.8 Å². The van der Waals surface area contributed by atoms with E-state index in [-0.39, 0.29) is 6.09 Å². The summed E-state index contributed by atoms with van der Waals surface area (Å²) >= 11 is 5.91. The van der Waals surface area contributed by atoms with E-state index in [0.717, 1.165) is 24.9 Å². The summed E-state index contributed by atoms with van der Waals surface area (Å²) in [6.45, 7) is 3.43. The van der Waals surface area contributed by atoms with Crippen molar-refractivity contribution in [3.8, 4) is 5.75 Å². The Kier molecular flexibility index (Phi) is 3.34. The zero-order valence-electron chi connectivity index (χ0n) is 9.20. The summed E-state index contributed by atoms with van der Waals surface area (Å²) < 4.78 is 5.22. The van der Waals surface area contributed by atoms with Gasteiger partial charge in [-0.3, -0.25) is 0 Å². The van der Waals surface area contributed by atoms with E-state index in [1.54, 1.807) is 17.0 Å². The Morgan fingerprint density at radius 1 is 1.50 bits per heavy atom. The molecule has 0 fully saturated rings. The van der Waals surface area contributed by atoms with Gasteiger partial charge in [0.25, 0.3) is 0 Å². The van der Waals surface area contributed by atoms with Gasteiger partial charge in [0.1, 0.15) is 5.75 Å². The molecule has 16 heavy (non-hydrogen) atoms. The Hall–Kier alpha value is -1.22. The smallest absolute Gasteiger partial charge is 0.410 e. The van der Waals surface area contributed by atoms with Crippen LogP contribution >= 0.6 is 11.6 Å². The van der Waals surface area contributed by atoms with Gasteiger partial charge in [0.2, 0.25) is 0 Å². The number of amides is 1. The van der Waals surface area contributed by atoms with E-state index in [1.165, 1.54) is 0 Å². The molecular formula is C12H14ClNO2. The topological polar surface area (TPSA) is 29.5 Å². The molecule has 2 rings (SSSR count). The van der Waals surface area contributed by atoms with Crippen molar-refractivity contribution >= 4 is 17.7 Å². The Labute approximate surface area is 100.0 Å². The second kappa shape index (κ2) is 4.74. The molecule has 0 aromatic heterocycles. The molecule has 0 saturated heterocycles. The van der Waals surface area contributed by atoms with Gasteiger partial charge in [0.05, 0.1) is 6.54 Å². The molecule has 86 valence electrons. The lowest BCUT2D eigenvalue weighted by Gasteiger charge is -2.27. The summed E-state index contributed by atoms with van der Waals surface area (Å²) in [5.74, 6) is 0.627. The van der Waals surface area contributed by atoms with Crippen LogP contribution in [0, 0.1) is 0 Å². The lowest BCUT2D eigenvalue weighted by molar-refractivity contribution is 0.137. The molecule has 0 atom stereocenters. The van der Waals surface area contributed by atoms with Crippen LogP contribution < -0.4 is 4.74 Å². The number of hydrogen-bond acceptors (Lipinski definition) is 2. The van der Waals surface area contributed by atoms with Gasteiger partial charge in [0, 0.05) is 17.1 Å². The van der Waals surface area contributed by atoms with Crippen LogP contribution in [0.3, 0.4) is 0 Å². The second-order valence-corrected chi connectivity index (χ2v) is 4.33. The fourth-order valence-electron chi connectivity index (χ4n) is 1.72. The van der Waals surface area contributed by atoms with Gasteiger partial charge in [-0.05, 0) is 24.6 Å². The predicted molar refractivity (Wildman–Crippen MR) is 62.8 cm³/mol. The minimum absolute atomic E-state index is 0.261. The van der Waals surface area contributed by atoms with Crippen molar-refractivity contribution in [2.75, 3.05) is 6.54 Å². The number of hydrogen-bond donors (Lipinski definition) is 0. The number of ether oxygens (including phenoxy) is 1. The molecule has 0 saturated carbocycles. The minimum Gasteiger partial charge on any atom is -0.410 e. The number of carbonyl (C=O) groups excluding carboxylic acids is 1. The highest BCUT2D eigenvalue weighted by atomic mass is 35.5. The summed E-state index contributed by atoms with van der Waals surface area (Å²) in [6, 6.07) is 5.32. The first-order chi connectivity index (χ1) is 7.70. The van der Waals surface area contributed by atoms with Gasteiger partial charge < -0.3 is 9.64 Å². The van der Waals surface area contributed by atoms with Crippen molar-refractivity contribution in [1.82, 2.24) is 4.90 Å². The number of carbonyl (C=O) groups is 1. The maximum absolute atomic E-state index is 11.6. The Morgan fingerprint density at radius 2 is 2.31 bits per heavy atom. The fraction of sp³-hybridized carbons (Fsp3) is 0.417. The first kappa shape index (κ1) is 11.3. The zero-order chi connectivity index (χ0) is 11.5. The maximum atomic E-state index is 11.6. The van der Waals surface area contributed by atoms with E-state index in [1.807, 2.05) is 6.07 Å². The molecule has 1 aliphatic rings. The third-order valence-corrected chi connectivity index (χ3v) is 2.86. The van der Waals surface area contributed by atoms with Crippen molar-refractivity contribution in [3.63, 3.8) is 0 Å². The first-order valence-electron chi connectivity index (χ1n) is 5.46. The van der Waals surface area contributed by atoms with E-state index >= 15 is 0 Å². The molecule has 1 aliphatic heterocycles. The van der Waals surface area contributed by atoms with Gasteiger partial charge in [-0.2, -0.15) is 0 Å². The highest BCUT2D eigenvalue weighted by Gasteiger charge is 2.24. The summed E-state index contributed by atoms with van der Waals surface area (Å²) in [6.07, 6.45) is 1.79. The third-order valence-electron chi connectivity index (χ3n) is 2.62. The van der Waals surface area contributed by atoms with Gasteiger partial charge in [-0.1, -0.05) is 24.9 Å². The fourth-order valence-corrected chi connectivity index (χ4v) is 1.91. The number of rotatable bonds is 3. The highest BCUT2D eigenvalue weighted by molar-refractivity contribution is 6.30. The van der Waals surface area contributed by atoms with Crippen LogP contribution in [0.5, 0.6) is 5.75 Å². The van der Waals surface area contributed by atoms with Crippen LogP contribution in [0.2, 0.25) is 5.02 Å². The Balaban J connectivity index is 2.16. The Morgan fingerprint density at radius 3 is 3.06 bits per heavy atom. The van der Waals surface area contributed by atoms with E-state index in [2.05, 4.69) is 6.92 Å². The number of unbranched alkanes of at least 4 members (excludes halogenated alkanes) is 1. The number of fused-ring (bicyclic) bond motifs is 1. The highest BCUT2D eigenvalue weighted by Crippen LogP contribution is 2.28. The van der Waals surface area contributed by atoms with Crippen LogP contribution in [0.1, 0.15) is 25.3 Å². The molecule has 3 nitrogen and oxygen atoms in total. The van der Waals surface area contributed by atoms with E-state index in [9.17, 15) is 4.79 Å². The SMILES string of the molecule is CCCCN1Cc2cc(Cl)ccc2OC1=O. The molecule has 0 aliphatic carbocycles. The molecule has 1 amide bonds. The van der Waals surface area contributed by atoms with E-state index in [0.29, 0.717) is 17.3 Å². The molecule has 1 aromatic carbocycles. The van der Waals surface area contributed by atoms with Crippen LogP contribution in [0.15, 0.2) is 18.2 Å². The lowest BCUT2D eigenvalue weighted by Crippen LogP contribution is -2.37. The molecule has 0 unspecified atom stereocenters. The normalized spacial score (nSPS) is 14.6. The van der Waals surface area contributed by atoms with Gasteiger partial charge in [-0.25, -0.2) is 4.79 Å². The lowest BCUT2D eigenvalue weighted by atomic mass is 10.1. The largest absolute Gasteiger partial charge is 0.415 e. The summed E-state index contributed by atoms with van der Waals surface area (Å²) in [4.78, 5) is 13.3. The predicted octanol–water partition coefficient (Wildman–Crippen LogP) is 3.45. The number of halogens is 1. The summed E-state index contributed by atoms with van der Waals surface area (Å²) in [5, 5.41) is 0.673. The first-order valence-corrected chi connectivity index (χ1v) is 5.83. The van der Waals surface area contributed by atoms with E-state index < -0.39 is 0 Å². The molecule has 0 N–H and O–H groups in total. The van der Waals surface area contributed by atoms with Crippen LogP contribution in [0.25, 0.3) is 0 Å². The van der Waals surface area contributed by atoms with Gasteiger partial charge in [-0.15, -0.1) is 0 Å². The van der Waals surface area contributed by atoms with Crippen molar-refractivity contribution < 1.29 is 9.53 Å². The molecular weight excluding hydrogens is 226 g/mol. The summed E-state index contributed by atoms with van der Waals surface area (Å²) in [5.41, 5.74) is 0.975. The minimum atomic E-state index is -0.261. The van der Waals surface area contributed by atoms with Crippen molar-refractivity contribution in [1.29, 1.82) is 0 Å². The van der Waals surface area contributed by atoms with Gasteiger partial charge >= 0.3 is 6.09 Å². The van der Waals surface area contributed by atoms with Crippen molar-refractivity contribution in [2.45, 2.75) is 26.3 Å². The molecule has 0 bridgehead atoms. The molecule has 0 spiro atoms. The standard InChI is InChI=1S/C12H14ClNO2/c1-2-3-6-14-8-9-7-10(13)4-5-11(9)16-12(14)15/h4-5,7H,2-3,6,8H2,1H3. The zero-order valence-corrected chi connectivity index (χ0v) is 9.96. The monoisotopic (exact) mass is 239 g/mol. The maximum Gasteiger partial charge on any atom is 0.415 e. The third kappa shape index (κ3) is 2.30. The molecule has 1 heterocycles. The molecule has 4 heteroatoms. The number of benzene rings is 1. The average Bonchev–Trinajstić information content (AvgIpc) is 2.27.